The molecule has 0 spiro atoms. The molecule has 0 aromatic heterocycles. The van der Waals surface area contributed by atoms with E-state index in [1.165, 1.54) is 13.8 Å². The van der Waals surface area contributed by atoms with Crippen LogP contribution in [0.2, 0.25) is 0 Å². The van der Waals surface area contributed by atoms with Crippen LogP contribution < -0.4 is 11.5 Å². The van der Waals surface area contributed by atoms with Gasteiger partial charge in [0.15, 0.2) is 12.2 Å². The third kappa shape index (κ3) is 4.94. The molecule has 2 aliphatic heterocycles. The van der Waals surface area contributed by atoms with Crippen LogP contribution in [-0.4, -0.2) is 37.3 Å². The molecule has 0 saturated carbocycles. The summed E-state index contributed by atoms with van der Waals surface area (Å²) in [6.07, 6.45) is -1.44. The zero-order valence-electron chi connectivity index (χ0n) is 15.1. The molecule has 0 amide bonds. The van der Waals surface area contributed by atoms with Gasteiger partial charge in [0.1, 0.15) is 5.75 Å². The summed E-state index contributed by atoms with van der Waals surface area (Å²) in [7, 11) is -3.95. The Morgan fingerprint density at radius 2 is 1.54 bits per heavy atom. The fourth-order valence-corrected chi connectivity index (χ4v) is 3.31. The van der Waals surface area contributed by atoms with Gasteiger partial charge in [0.2, 0.25) is 34.9 Å². The van der Waals surface area contributed by atoms with Crippen LogP contribution in [0, 0.1) is 0 Å². The van der Waals surface area contributed by atoms with Crippen LogP contribution in [-0.2, 0) is 39.1 Å². The average molecular weight is 412 g/mol. The summed E-state index contributed by atoms with van der Waals surface area (Å²) in [5.74, 6) is -2.74. The number of aliphatic hydroxyl groups is 1. The molecule has 0 bridgehead atoms. The lowest BCUT2D eigenvalue weighted by Crippen LogP contribution is -2.18. The molecule has 2 atom stereocenters. The van der Waals surface area contributed by atoms with Gasteiger partial charge in [0.25, 0.3) is 0 Å². The van der Waals surface area contributed by atoms with Crippen molar-refractivity contribution in [3.05, 3.63) is 59.2 Å². The summed E-state index contributed by atoms with van der Waals surface area (Å²) in [5, 5.41) is 8.72. The van der Waals surface area contributed by atoms with Gasteiger partial charge in [-0.3, -0.25) is 9.59 Å². The molecule has 5 N–H and O–H groups in total. The normalized spacial score (nSPS) is 21.8. The highest BCUT2D eigenvalue weighted by Gasteiger charge is 2.35. The Hall–Kier alpha value is -3.21. The molecule has 2 heterocycles. The van der Waals surface area contributed by atoms with Crippen molar-refractivity contribution in [3.8, 4) is 0 Å². The molecule has 1 aromatic carbocycles. The Kier molecular flexibility index (Phi) is 6.19. The van der Waals surface area contributed by atoms with E-state index in [0.717, 1.165) is 0 Å². The molecule has 0 aliphatic carbocycles. The second-order valence-corrected chi connectivity index (χ2v) is 7.50. The van der Waals surface area contributed by atoms with Crippen molar-refractivity contribution in [1.82, 2.24) is 0 Å². The van der Waals surface area contributed by atoms with Gasteiger partial charge in [-0.1, -0.05) is 30.3 Å². The Bertz CT molecular complexity index is 937. The number of rotatable bonds is 4. The number of benzene rings is 1. The van der Waals surface area contributed by atoms with Gasteiger partial charge < -0.3 is 30.2 Å². The van der Waals surface area contributed by atoms with Gasteiger partial charge in [-0.2, -0.15) is 8.42 Å². The molecule has 152 valence electrons. The highest BCUT2D eigenvalue weighted by Crippen LogP contribution is 2.22. The minimum absolute atomic E-state index is 0.174. The van der Waals surface area contributed by atoms with E-state index in [1.54, 1.807) is 30.3 Å². The van der Waals surface area contributed by atoms with Gasteiger partial charge in [-0.25, -0.2) is 0 Å². The first-order chi connectivity index (χ1) is 13.0. The van der Waals surface area contributed by atoms with E-state index in [2.05, 4.69) is 4.74 Å². The first-order valence-electron chi connectivity index (χ1n) is 8.08. The van der Waals surface area contributed by atoms with Crippen LogP contribution in [0.5, 0.6) is 0 Å². The zero-order valence-corrected chi connectivity index (χ0v) is 15.9. The van der Waals surface area contributed by atoms with Crippen LogP contribution in [0.1, 0.15) is 19.4 Å². The van der Waals surface area contributed by atoms with Crippen LogP contribution in [0.15, 0.2) is 53.6 Å². The summed E-state index contributed by atoms with van der Waals surface area (Å²) in [5.41, 5.74) is 11.0. The quantitative estimate of drug-likeness (QED) is 0.585. The second kappa shape index (κ2) is 8.21. The van der Waals surface area contributed by atoms with Crippen molar-refractivity contribution >= 4 is 21.7 Å². The number of carbonyl (C=O) groups is 2. The molecular formula is C17H20N2O8S. The number of aliphatic hydroxyl groups excluding tert-OH is 1. The highest BCUT2D eigenvalue weighted by molar-refractivity contribution is 7.86. The number of hydrogen-bond donors (Lipinski definition) is 3. The maximum atomic E-state index is 11.8. The molecule has 2 unspecified atom stereocenters. The standard InChI is InChI=1S/C12H13NO5S.C5H7NO3/c1-8-10(14)11(12(13)17-8)18-19(15,16)7-9-5-3-2-4-6-9;1-2-3(7)4(8)5(6)9-2/h2-6,8H,7,13H2,1H3;2,8H,6H2,1H3. The predicted octanol–water partition coefficient (Wildman–Crippen LogP) is 0.309. The Morgan fingerprint density at radius 1 is 1.00 bits per heavy atom. The smallest absolute Gasteiger partial charge is 0.313 e. The molecular weight excluding hydrogens is 392 g/mol. The minimum atomic E-state index is -3.95. The van der Waals surface area contributed by atoms with E-state index in [0.29, 0.717) is 5.56 Å². The van der Waals surface area contributed by atoms with Crippen molar-refractivity contribution in [3.63, 3.8) is 0 Å². The third-order valence-electron chi connectivity index (χ3n) is 3.66. The van der Waals surface area contributed by atoms with E-state index in [-0.39, 0.29) is 17.5 Å². The highest BCUT2D eigenvalue weighted by atomic mass is 32.2. The van der Waals surface area contributed by atoms with Gasteiger partial charge in [0, 0.05) is 0 Å². The molecule has 11 heteroatoms. The van der Waals surface area contributed by atoms with Crippen molar-refractivity contribution in [1.29, 1.82) is 0 Å². The van der Waals surface area contributed by atoms with Crippen LogP contribution >= 0.6 is 0 Å². The number of Topliss-reactive ketones (excluding diaryl/α,β-unsaturated/α-hetero) is 2. The SMILES string of the molecule is CC1OC(N)=C(O)C1=O.CC1OC(N)=C(OS(=O)(=O)Cc2ccccc2)C1=O. The zero-order chi connectivity index (χ0) is 21.1. The fourth-order valence-electron chi connectivity index (χ4n) is 2.23. The van der Waals surface area contributed by atoms with Gasteiger partial charge in [-0.15, -0.1) is 0 Å². The fraction of sp³-hybridized carbons (Fsp3) is 0.294. The minimum Gasteiger partial charge on any atom is -0.501 e. The molecule has 2 aliphatic rings. The number of ether oxygens (including phenoxy) is 2. The van der Waals surface area contributed by atoms with Gasteiger partial charge in [0.05, 0.1) is 0 Å². The average Bonchev–Trinajstić information content (AvgIpc) is 2.99. The largest absolute Gasteiger partial charge is 0.501 e. The molecule has 3 rings (SSSR count). The number of hydrogen-bond acceptors (Lipinski definition) is 10. The first-order valence-corrected chi connectivity index (χ1v) is 9.66. The summed E-state index contributed by atoms with van der Waals surface area (Å²) in [6, 6.07) is 8.49. The lowest BCUT2D eigenvalue weighted by molar-refractivity contribution is -0.122. The van der Waals surface area contributed by atoms with Crippen LogP contribution in [0.4, 0.5) is 0 Å². The topological polar surface area (TPSA) is 168 Å². The number of nitrogens with two attached hydrogens (primary N) is 2. The molecule has 28 heavy (non-hydrogen) atoms. The molecule has 1 aromatic rings. The Labute approximate surface area is 161 Å². The lowest BCUT2D eigenvalue weighted by atomic mass is 10.2. The summed E-state index contributed by atoms with van der Waals surface area (Å²) < 4.78 is 38.0. The van der Waals surface area contributed by atoms with E-state index >= 15 is 0 Å². The second-order valence-electron chi connectivity index (χ2n) is 5.93. The van der Waals surface area contributed by atoms with Gasteiger partial charge >= 0.3 is 10.1 Å². The Morgan fingerprint density at radius 3 is 1.93 bits per heavy atom. The Balaban J connectivity index is 0.000000261. The maximum absolute atomic E-state index is 11.8. The van der Waals surface area contributed by atoms with Crippen molar-refractivity contribution in [2.24, 2.45) is 11.5 Å². The molecule has 0 radical (unpaired) electrons. The van der Waals surface area contributed by atoms with Crippen LogP contribution in [0.3, 0.4) is 0 Å². The van der Waals surface area contributed by atoms with E-state index < -0.39 is 45.4 Å². The predicted molar refractivity (Wildman–Crippen MR) is 96.3 cm³/mol. The molecule has 0 saturated heterocycles. The van der Waals surface area contributed by atoms with Crippen molar-refractivity contribution in [2.75, 3.05) is 0 Å². The van der Waals surface area contributed by atoms with E-state index in [9.17, 15) is 18.0 Å². The van der Waals surface area contributed by atoms with Gasteiger partial charge in [-0.05, 0) is 19.4 Å². The van der Waals surface area contributed by atoms with E-state index in [1.807, 2.05) is 0 Å². The molecule has 10 nitrogen and oxygen atoms in total. The number of carbonyl (C=O) groups excluding carboxylic acids is 2. The lowest BCUT2D eigenvalue weighted by Gasteiger charge is -2.06. The molecule has 0 fully saturated rings. The first kappa shape index (κ1) is 21.1. The monoisotopic (exact) mass is 412 g/mol. The maximum Gasteiger partial charge on any atom is 0.313 e. The van der Waals surface area contributed by atoms with Crippen molar-refractivity contribution in [2.45, 2.75) is 31.8 Å². The third-order valence-corrected chi connectivity index (χ3v) is 4.76. The summed E-state index contributed by atoms with van der Waals surface area (Å²) in [4.78, 5) is 22.2. The van der Waals surface area contributed by atoms with Crippen LogP contribution in [0.25, 0.3) is 0 Å². The van der Waals surface area contributed by atoms with Crippen molar-refractivity contribution < 1.29 is 36.8 Å². The number of ketones is 2. The summed E-state index contributed by atoms with van der Waals surface area (Å²) >= 11 is 0. The van der Waals surface area contributed by atoms with E-state index in [4.69, 9.17) is 25.5 Å². The summed E-state index contributed by atoms with van der Waals surface area (Å²) in [6.45, 7) is 2.99.